The van der Waals surface area contributed by atoms with E-state index >= 15 is 23.6 Å². The molecule has 3 rings (SSSR count). The highest BCUT2D eigenvalue weighted by molar-refractivity contribution is 6.00. The predicted octanol–water partition coefficient (Wildman–Crippen LogP) is 3.86. The number of amides is 12. The van der Waals surface area contributed by atoms with E-state index in [2.05, 4.69) is 16.0 Å². The number of carbonyl (C=O) groups excluding carboxylic acids is 12. The molecule has 27 nitrogen and oxygen atoms in total. The molecular weight excluding hydrogens is 1340 g/mol. The second-order valence-corrected chi connectivity index (χ2v) is 31.0. The molecule has 2 saturated heterocycles. The van der Waals surface area contributed by atoms with Crippen molar-refractivity contribution in [2.75, 3.05) is 116 Å². The van der Waals surface area contributed by atoms with Crippen molar-refractivity contribution in [3.05, 3.63) is 0 Å². The number of aliphatic hydroxyl groups is 1. The largest absolute Gasteiger partial charge is 0.394 e. The lowest BCUT2D eigenvalue weighted by Crippen LogP contribution is -2.64. The van der Waals surface area contributed by atoms with Crippen molar-refractivity contribution < 1.29 is 89.7 Å². The molecule has 1 saturated carbocycles. The summed E-state index contributed by atoms with van der Waals surface area (Å²) in [6, 6.07) is -10.0. The van der Waals surface area contributed by atoms with E-state index in [1.165, 1.54) is 89.0 Å². The summed E-state index contributed by atoms with van der Waals surface area (Å²) in [5.74, 6) is -13.3. The van der Waals surface area contributed by atoms with Crippen LogP contribution in [-0.4, -0.2) is 301 Å². The van der Waals surface area contributed by atoms with Gasteiger partial charge >= 0.3 is 6.18 Å². The van der Waals surface area contributed by atoms with Gasteiger partial charge in [0.2, 0.25) is 70.9 Å². The molecule has 0 spiro atoms. The molecule has 584 valence electrons. The Hall–Kier alpha value is -6.76. The number of carbonyl (C=O) groups is 12. The molecule has 0 radical (unpaired) electrons. The first-order chi connectivity index (χ1) is 47.2. The van der Waals surface area contributed by atoms with E-state index in [0.717, 1.165) is 40.7 Å². The molecule has 31 heteroatoms. The third kappa shape index (κ3) is 26.7. The van der Waals surface area contributed by atoms with Gasteiger partial charge in [-0.1, -0.05) is 61.8 Å². The van der Waals surface area contributed by atoms with Gasteiger partial charge in [0.1, 0.15) is 54.0 Å². The van der Waals surface area contributed by atoms with Gasteiger partial charge in [-0.05, 0) is 128 Å². The molecule has 102 heavy (non-hydrogen) atoms. The second kappa shape index (κ2) is 39.9. The Balaban J connectivity index is 2.34. The third-order valence-electron chi connectivity index (χ3n) is 19.7. The zero-order chi connectivity index (χ0) is 77.8. The van der Waals surface area contributed by atoms with E-state index in [0.29, 0.717) is 38.8 Å². The van der Waals surface area contributed by atoms with Gasteiger partial charge in [0.05, 0.1) is 57.4 Å². The molecule has 2 aliphatic heterocycles. The number of halogens is 4. The minimum absolute atomic E-state index is 0.00227. The molecule has 0 aromatic carbocycles. The summed E-state index contributed by atoms with van der Waals surface area (Å²) in [6.07, 6.45) is -6.12. The maximum Gasteiger partial charge on any atom is 0.394 e. The van der Waals surface area contributed by atoms with Gasteiger partial charge in [0.15, 0.2) is 0 Å². The van der Waals surface area contributed by atoms with Crippen molar-refractivity contribution in [3.8, 4) is 0 Å². The SMILES string of the molecule is CC[C@H](C)[C@@H]1NC(=O)[C@H](CC(C)C)N(C)C(=O)C[C@@H](C(=O)N2CCCCC2)N(C)C(=O)[C@H](CC(C)C)N(C)C(=O)C(C)(C)NC(=O)[C@H](COCC(C)(C)O)N(C)C(=O)[C@H](CCC2CCC(C(F)(F)F)C(F)C2)NC(=O)CN(C)C(=O)[C@H](COCCC(C)C)N(C)C(=O)CN(C)C(=O)CN(C)C1=O. The first-order valence-electron chi connectivity index (χ1n) is 36.0. The van der Waals surface area contributed by atoms with Crippen LogP contribution in [0.3, 0.4) is 0 Å². The topological polar surface area (TPSA) is 309 Å². The highest BCUT2D eigenvalue weighted by Gasteiger charge is 2.49. The smallest absolute Gasteiger partial charge is 0.388 e. The fourth-order valence-corrected chi connectivity index (χ4v) is 12.8. The van der Waals surface area contributed by atoms with E-state index in [9.17, 15) is 56.6 Å². The van der Waals surface area contributed by atoms with Crippen LogP contribution in [0.4, 0.5) is 17.6 Å². The summed E-state index contributed by atoms with van der Waals surface area (Å²) in [5.41, 5.74) is -3.43. The molecule has 3 aliphatic rings. The number of hydrogen-bond acceptors (Lipinski definition) is 15. The predicted molar refractivity (Wildman–Crippen MR) is 374 cm³/mol. The normalized spacial score (nSPS) is 26.7. The van der Waals surface area contributed by atoms with Crippen molar-refractivity contribution >= 4 is 70.9 Å². The fraction of sp³-hybridized carbons (Fsp3) is 0.831. The van der Waals surface area contributed by atoms with E-state index in [1.807, 2.05) is 27.7 Å². The van der Waals surface area contributed by atoms with E-state index < -0.39 is 207 Å². The number of piperidine rings is 1. The van der Waals surface area contributed by atoms with Crippen LogP contribution in [0, 0.1) is 35.5 Å². The minimum Gasteiger partial charge on any atom is -0.388 e. The van der Waals surface area contributed by atoms with Crippen LogP contribution < -0.4 is 16.0 Å². The number of likely N-dealkylation sites (tertiary alicyclic amines) is 1. The summed E-state index contributed by atoms with van der Waals surface area (Å²) in [6.45, 7) is 17.6. The second-order valence-electron chi connectivity index (χ2n) is 31.0. The van der Waals surface area contributed by atoms with Gasteiger partial charge in [-0.3, -0.25) is 57.5 Å². The fourth-order valence-electron chi connectivity index (χ4n) is 12.8. The van der Waals surface area contributed by atoms with Crippen LogP contribution in [0.15, 0.2) is 0 Å². The number of ether oxygens (including phenoxy) is 2. The average molecular weight is 1460 g/mol. The zero-order valence-electron chi connectivity index (χ0n) is 64.3. The van der Waals surface area contributed by atoms with Crippen molar-refractivity contribution in [3.63, 3.8) is 0 Å². The molecule has 0 aromatic rings. The lowest BCUT2D eigenvalue weighted by molar-refractivity contribution is -0.201. The van der Waals surface area contributed by atoms with Crippen LogP contribution in [0.25, 0.3) is 0 Å². The first kappa shape index (κ1) is 89.5. The van der Waals surface area contributed by atoms with Crippen LogP contribution >= 0.6 is 0 Å². The number of nitrogens with zero attached hydrogens (tertiary/aromatic N) is 9. The Morgan fingerprint density at radius 3 is 1.72 bits per heavy atom. The van der Waals surface area contributed by atoms with Gasteiger partial charge in [-0.25, -0.2) is 4.39 Å². The Bertz CT molecular complexity index is 2860. The van der Waals surface area contributed by atoms with Crippen LogP contribution in [0.2, 0.25) is 0 Å². The maximum atomic E-state index is 15.4. The standard InChI is InChI=1S/C71H122F4N12O15/c1-21-46(8)60-67(98)81(15)38-58(90)79(13)39-59(91)83(17)55(41-101-32-29-43(2)3)64(95)80(14)37-56(88)76-50(28-26-47-25-27-48(49(72)35-47)71(73,74)75)63(94)85(19)54(40-102-42-69(9,10)100)62(93)78-70(11,12)68(99)86(20)52(34-45(6)7)65(96)84(18)53(66(97)87-30-23-22-24-31-87)36-57(89)82(16)51(33-44(4)5)61(92)77-60/h43-55,60,100H,21-42H2,1-20H3,(H,76,88)(H,77,92)(H,78,93)/t46-,47?,48?,49?,50-,51-,52-,53-,54-,55-,60-/m0/s1. The Morgan fingerprint density at radius 2 is 1.17 bits per heavy atom. The summed E-state index contributed by atoms with van der Waals surface area (Å²) >= 11 is 0. The average Bonchev–Trinajstić information content (AvgIpc) is 0.801. The Kier molecular flexibility index (Phi) is 35.0. The monoisotopic (exact) mass is 1460 g/mol. The first-order valence-corrected chi connectivity index (χ1v) is 36.0. The molecule has 3 unspecified atom stereocenters. The summed E-state index contributed by atoms with van der Waals surface area (Å²) < 4.78 is 68.6. The summed E-state index contributed by atoms with van der Waals surface area (Å²) in [4.78, 5) is 187. The molecule has 4 N–H and O–H groups in total. The van der Waals surface area contributed by atoms with E-state index in [-0.39, 0.29) is 63.1 Å². The molecule has 11 atom stereocenters. The van der Waals surface area contributed by atoms with Crippen molar-refractivity contribution in [2.45, 2.75) is 232 Å². The van der Waals surface area contributed by atoms with Crippen molar-refractivity contribution in [2.24, 2.45) is 35.5 Å². The van der Waals surface area contributed by atoms with Gasteiger partial charge in [0.25, 0.3) is 0 Å². The van der Waals surface area contributed by atoms with Gasteiger partial charge < -0.3 is 74.6 Å². The number of likely N-dealkylation sites (N-methyl/N-ethyl adjacent to an activating group) is 8. The molecule has 1 aliphatic carbocycles. The van der Waals surface area contributed by atoms with E-state index in [1.54, 1.807) is 32.6 Å². The summed E-state index contributed by atoms with van der Waals surface area (Å²) in [7, 11) is 10.5. The molecule has 0 bridgehead atoms. The molecule has 12 amide bonds. The zero-order valence-corrected chi connectivity index (χ0v) is 64.3. The highest BCUT2D eigenvalue weighted by Crippen LogP contribution is 2.43. The van der Waals surface area contributed by atoms with Crippen molar-refractivity contribution in [1.29, 1.82) is 0 Å². The Labute approximate surface area is 601 Å². The van der Waals surface area contributed by atoms with Gasteiger partial charge in [-0.15, -0.1) is 0 Å². The molecule has 2 heterocycles. The maximum absolute atomic E-state index is 15.4. The Morgan fingerprint density at radius 1 is 0.608 bits per heavy atom. The highest BCUT2D eigenvalue weighted by atomic mass is 19.4. The lowest BCUT2D eigenvalue weighted by atomic mass is 9.78. The minimum atomic E-state index is -4.80. The molecular formula is C71H122F4N12O15. The number of alkyl halides is 4. The quantitative estimate of drug-likeness (QED) is 0.105. The number of rotatable bonds is 19. The summed E-state index contributed by atoms with van der Waals surface area (Å²) in [5, 5.41) is 18.9. The van der Waals surface area contributed by atoms with Gasteiger partial charge in [0, 0.05) is 76.1 Å². The van der Waals surface area contributed by atoms with Crippen molar-refractivity contribution in [1.82, 2.24) is 60.0 Å². The number of hydrogen-bond donors (Lipinski definition) is 4. The lowest BCUT2D eigenvalue weighted by Gasteiger charge is -2.40. The van der Waals surface area contributed by atoms with E-state index in [4.69, 9.17) is 9.47 Å². The van der Waals surface area contributed by atoms with Crippen LogP contribution in [-0.2, 0) is 67.0 Å². The molecule has 0 aromatic heterocycles. The van der Waals surface area contributed by atoms with Gasteiger partial charge in [-0.2, -0.15) is 13.2 Å². The molecule has 3 fully saturated rings. The van der Waals surface area contributed by atoms with Crippen LogP contribution in [0.1, 0.15) is 167 Å². The number of nitrogens with one attached hydrogen (secondary N) is 3. The van der Waals surface area contributed by atoms with Crippen LogP contribution in [0.5, 0.6) is 0 Å². The third-order valence-corrected chi connectivity index (χ3v) is 19.7.